The zero-order valence-corrected chi connectivity index (χ0v) is 11.2. The lowest BCUT2D eigenvalue weighted by atomic mass is 10.2. The van der Waals surface area contributed by atoms with E-state index in [0.29, 0.717) is 5.69 Å². The average Bonchev–Trinajstić information content (AvgIpc) is 2.79. The summed E-state index contributed by atoms with van der Waals surface area (Å²) in [6.07, 6.45) is -4.00. The Labute approximate surface area is 114 Å². The van der Waals surface area contributed by atoms with Crippen molar-refractivity contribution >= 4 is 21.7 Å². The Balaban J connectivity index is 2.36. The molecule has 0 bridgehead atoms. The first-order valence-corrected chi connectivity index (χ1v) is 5.89. The number of aryl methyl sites for hydroxylation is 1. The van der Waals surface area contributed by atoms with Crippen LogP contribution in [0.4, 0.5) is 13.2 Å². The van der Waals surface area contributed by atoms with E-state index < -0.39 is 17.7 Å². The number of benzene rings is 1. The van der Waals surface area contributed by atoms with Gasteiger partial charge >= 0.3 is 6.18 Å². The Bertz CT molecular complexity index is 636. The summed E-state index contributed by atoms with van der Waals surface area (Å²) in [7, 11) is 0. The summed E-state index contributed by atoms with van der Waals surface area (Å²) in [4.78, 5) is 11.0. The molecule has 0 aliphatic heterocycles. The molecule has 0 saturated heterocycles. The molecular formula is C11H7BrF3N3O. The fourth-order valence-electron chi connectivity index (χ4n) is 1.36. The molecule has 2 rings (SSSR count). The van der Waals surface area contributed by atoms with Crippen molar-refractivity contribution in [3.63, 3.8) is 0 Å². The molecule has 0 spiro atoms. The number of carbonyl (C=O) groups excluding carboxylic acids is 1. The first-order valence-electron chi connectivity index (χ1n) is 5.09. The van der Waals surface area contributed by atoms with Gasteiger partial charge in [0.1, 0.15) is 0 Å². The third kappa shape index (κ3) is 2.83. The molecule has 0 amide bonds. The maximum atomic E-state index is 12.2. The van der Waals surface area contributed by atoms with Gasteiger partial charge in [-0.1, -0.05) is 27.2 Å². The fraction of sp³-hybridized carbons (Fsp3) is 0.182. The Morgan fingerprint density at radius 1 is 1.37 bits per heavy atom. The molecular weight excluding hydrogens is 327 g/mol. The van der Waals surface area contributed by atoms with Crippen molar-refractivity contribution in [1.82, 2.24) is 15.0 Å². The summed E-state index contributed by atoms with van der Waals surface area (Å²) in [6, 6.07) is 5.11. The molecule has 1 aromatic heterocycles. The second-order valence-corrected chi connectivity index (χ2v) is 4.66. The van der Waals surface area contributed by atoms with Gasteiger partial charge in [0, 0.05) is 4.47 Å². The van der Waals surface area contributed by atoms with E-state index in [9.17, 15) is 18.0 Å². The summed E-state index contributed by atoms with van der Waals surface area (Å²) < 4.78 is 38.6. The molecule has 0 N–H and O–H groups in total. The number of halogens is 4. The highest BCUT2D eigenvalue weighted by molar-refractivity contribution is 9.10. The van der Waals surface area contributed by atoms with Gasteiger partial charge in [-0.2, -0.15) is 13.2 Å². The number of ketones is 1. The minimum Gasteiger partial charge on any atom is -0.282 e. The van der Waals surface area contributed by atoms with Crippen LogP contribution in [0.3, 0.4) is 0 Å². The molecule has 1 heterocycles. The van der Waals surface area contributed by atoms with E-state index in [4.69, 9.17) is 0 Å². The molecule has 0 atom stereocenters. The van der Waals surface area contributed by atoms with Crippen LogP contribution in [0.5, 0.6) is 0 Å². The van der Waals surface area contributed by atoms with Crippen LogP contribution in [0.25, 0.3) is 5.69 Å². The molecule has 0 saturated carbocycles. The maximum Gasteiger partial charge on any atom is 0.456 e. The Kier molecular flexibility index (Phi) is 3.44. The van der Waals surface area contributed by atoms with Gasteiger partial charge < -0.3 is 0 Å². The molecule has 4 nitrogen and oxygen atoms in total. The Morgan fingerprint density at radius 2 is 2.05 bits per heavy atom. The van der Waals surface area contributed by atoms with Crippen LogP contribution in [0.2, 0.25) is 0 Å². The van der Waals surface area contributed by atoms with E-state index in [0.717, 1.165) is 20.9 Å². The molecule has 19 heavy (non-hydrogen) atoms. The van der Waals surface area contributed by atoms with Crippen LogP contribution in [0.15, 0.2) is 28.9 Å². The van der Waals surface area contributed by atoms with Gasteiger partial charge in [-0.3, -0.25) is 4.79 Å². The standard InChI is InChI=1S/C11H7BrF3N3O/c1-6-2-3-7(4-8(6)12)18-5-9(16-17-18)10(19)11(13,14)15/h2-5H,1H3. The summed E-state index contributed by atoms with van der Waals surface area (Å²) >= 11 is 3.30. The minimum absolute atomic E-state index is 0.506. The number of carbonyl (C=O) groups is 1. The van der Waals surface area contributed by atoms with E-state index in [-0.39, 0.29) is 0 Å². The molecule has 2 aromatic rings. The van der Waals surface area contributed by atoms with Crippen LogP contribution < -0.4 is 0 Å². The predicted molar refractivity (Wildman–Crippen MR) is 64.2 cm³/mol. The van der Waals surface area contributed by atoms with E-state index in [2.05, 4.69) is 26.2 Å². The minimum atomic E-state index is -4.95. The summed E-state index contributed by atoms with van der Waals surface area (Å²) in [5.41, 5.74) is 0.742. The molecule has 1 aromatic carbocycles. The molecule has 0 radical (unpaired) electrons. The third-order valence-electron chi connectivity index (χ3n) is 2.40. The lowest BCUT2D eigenvalue weighted by Crippen LogP contribution is -2.23. The van der Waals surface area contributed by atoms with Crippen molar-refractivity contribution in [1.29, 1.82) is 0 Å². The number of aromatic nitrogens is 3. The largest absolute Gasteiger partial charge is 0.456 e. The van der Waals surface area contributed by atoms with Crippen molar-refractivity contribution in [2.75, 3.05) is 0 Å². The number of alkyl halides is 3. The molecule has 0 unspecified atom stereocenters. The highest BCUT2D eigenvalue weighted by Crippen LogP contribution is 2.22. The molecule has 8 heteroatoms. The second-order valence-electron chi connectivity index (χ2n) is 3.81. The van der Waals surface area contributed by atoms with Crippen LogP contribution in [-0.2, 0) is 0 Å². The van der Waals surface area contributed by atoms with Crippen molar-refractivity contribution < 1.29 is 18.0 Å². The number of hydrogen-bond donors (Lipinski definition) is 0. The van der Waals surface area contributed by atoms with Gasteiger partial charge in [-0.25, -0.2) is 4.68 Å². The first kappa shape index (κ1) is 13.7. The van der Waals surface area contributed by atoms with Crippen molar-refractivity contribution in [3.05, 3.63) is 40.1 Å². The third-order valence-corrected chi connectivity index (χ3v) is 3.26. The average molecular weight is 334 g/mol. The van der Waals surface area contributed by atoms with Gasteiger partial charge in [-0.05, 0) is 24.6 Å². The first-order chi connectivity index (χ1) is 8.79. The smallest absolute Gasteiger partial charge is 0.282 e. The van der Waals surface area contributed by atoms with Crippen molar-refractivity contribution in [2.45, 2.75) is 13.1 Å². The van der Waals surface area contributed by atoms with E-state index in [1.165, 1.54) is 0 Å². The zero-order valence-electron chi connectivity index (χ0n) is 9.57. The predicted octanol–water partition coefficient (Wildman–Crippen LogP) is 3.08. The van der Waals surface area contributed by atoms with Gasteiger partial charge in [0.05, 0.1) is 11.9 Å². The molecule has 0 fully saturated rings. The number of rotatable bonds is 2. The van der Waals surface area contributed by atoms with Gasteiger partial charge in [0.15, 0.2) is 5.69 Å². The lowest BCUT2D eigenvalue weighted by molar-refractivity contribution is -0.0888. The topological polar surface area (TPSA) is 47.8 Å². The van der Waals surface area contributed by atoms with E-state index in [1.807, 2.05) is 6.92 Å². The maximum absolute atomic E-state index is 12.2. The highest BCUT2D eigenvalue weighted by Gasteiger charge is 2.41. The lowest BCUT2D eigenvalue weighted by Gasteiger charge is -2.03. The van der Waals surface area contributed by atoms with Crippen LogP contribution in [-0.4, -0.2) is 27.0 Å². The summed E-state index contributed by atoms with van der Waals surface area (Å²) in [5, 5.41) is 6.76. The number of Topliss-reactive ketones (excluding diaryl/α,β-unsaturated/α-hetero) is 1. The zero-order chi connectivity index (χ0) is 14.2. The normalized spacial score (nSPS) is 11.6. The second kappa shape index (κ2) is 4.76. The fourth-order valence-corrected chi connectivity index (χ4v) is 1.73. The highest BCUT2D eigenvalue weighted by atomic mass is 79.9. The van der Waals surface area contributed by atoms with Crippen LogP contribution >= 0.6 is 15.9 Å². The van der Waals surface area contributed by atoms with Crippen molar-refractivity contribution in [2.24, 2.45) is 0 Å². The summed E-state index contributed by atoms with van der Waals surface area (Å²) in [6.45, 7) is 1.87. The van der Waals surface area contributed by atoms with E-state index >= 15 is 0 Å². The monoisotopic (exact) mass is 333 g/mol. The van der Waals surface area contributed by atoms with Gasteiger partial charge in [0.2, 0.25) is 0 Å². The molecule has 0 aliphatic rings. The van der Waals surface area contributed by atoms with E-state index in [1.54, 1.807) is 18.2 Å². The van der Waals surface area contributed by atoms with Crippen LogP contribution in [0.1, 0.15) is 16.1 Å². The van der Waals surface area contributed by atoms with Gasteiger partial charge in [0.25, 0.3) is 5.78 Å². The Hall–Kier alpha value is -1.70. The SMILES string of the molecule is Cc1ccc(-n2cc(C(=O)C(F)(F)F)nn2)cc1Br. The number of nitrogens with zero attached hydrogens (tertiary/aromatic N) is 3. The molecule has 100 valence electrons. The van der Waals surface area contributed by atoms with Crippen molar-refractivity contribution in [3.8, 4) is 5.69 Å². The summed E-state index contributed by atoms with van der Waals surface area (Å²) in [5.74, 6) is -2.01. The van der Waals surface area contributed by atoms with Gasteiger partial charge in [-0.15, -0.1) is 5.10 Å². The Morgan fingerprint density at radius 3 is 2.63 bits per heavy atom. The number of hydrogen-bond acceptors (Lipinski definition) is 3. The van der Waals surface area contributed by atoms with Crippen LogP contribution in [0, 0.1) is 6.92 Å². The quantitative estimate of drug-likeness (QED) is 0.793. The molecule has 0 aliphatic carbocycles.